The Morgan fingerprint density at radius 3 is 2.25 bits per heavy atom. The summed E-state index contributed by atoms with van der Waals surface area (Å²) in [5.41, 5.74) is -1.38. The molecule has 5 heteroatoms. The van der Waals surface area contributed by atoms with Gasteiger partial charge in [0, 0.05) is 11.6 Å². The molecule has 0 aromatic heterocycles. The van der Waals surface area contributed by atoms with Crippen molar-refractivity contribution in [2.75, 3.05) is 0 Å². The van der Waals surface area contributed by atoms with Gasteiger partial charge >= 0.3 is 0 Å². The number of rotatable bonds is 2. The van der Waals surface area contributed by atoms with E-state index < -0.39 is 34.4 Å². The Kier molecular flexibility index (Phi) is 4.76. The molecule has 1 N–H and O–H groups in total. The van der Waals surface area contributed by atoms with Crippen molar-refractivity contribution in [1.82, 2.24) is 0 Å². The van der Waals surface area contributed by atoms with E-state index in [-0.39, 0.29) is 11.3 Å². The molecule has 1 aliphatic rings. The lowest BCUT2D eigenvalue weighted by Crippen LogP contribution is -2.66. The molecule has 1 aliphatic heterocycles. The van der Waals surface area contributed by atoms with Crippen LogP contribution in [0.5, 0.6) is 0 Å². The highest BCUT2D eigenvalue weighted by Gasteiger charge is 2.60. The summed E-state index contributed by atoms with van der Waals surface area (Å²) >= 11 is 0. The number of halogens is 2. The molecule has 3 rings (SSSR count). The maximum Gasteiger partial charge on any atom is 0.174 e. The Balaban J connectivity index is 2.20. The van der Waals surface area contributed by atoms with E-state index >= 15 is 0 Å². The normalized spacial score (nSPS) is 26.3. The van der Waals surface area contributed by atoms with Crippen LogP contribution >= 0.6 is 0 Å². The van der Waals surface area contributed by atoms with Gasteiger partial charge in [0.15, 0.2) is 5.78 Å². The quantitative estimate of drug-likeness (QED) is 0.793. The molecular weight excluding hydrogens is 362 g/mol. The summed E-state index contributed by atoms with van der Waals surface area (Å²) in [6.45, 7) is 10.3. The van der Waals surface area contributed by atoms with Crippen LogP contribution in [0.1, 0.15) is 51.7 Å². The zero-order valence-electron chi connectivity index (χ0n) is 17.1. The van der Waals surface area contributed by atoms with Crippen LogP contribution in [0.3, 0.4) is 0 Å². The third-order valence-corrected chi connectivity index (χ3v) is 5.98. The minimum Gasteiger partial charge on any atom is -0.386 e. The maximum absolute atomic E-state index is 14.3. The van der Waals surface area contributed by atoms with Crippen molar-refractivity contribution in [3.63, 3.8) is 0 Å². The van der Waals surface area contributed by atoms with Crippen LogP contribution in [0.4, 0.5) is 8.78 Å². The van der Waals surface area contributed by atoms with Crippen molar-refractivity contribution in [3.8, 4) is 11.1 Å². The van der Waals surface area contributed by atoms with E-state index in [4.69, 9.17) is 4.74 Å². The number of benzene rings is 2. The largest absolute Gasteiger partial charge is 0.386 e. The zero-order valence-corrected chi connectivity index (χ0v) is 17.1. The standard InChI is InChI=1S/C23H26F2O3/c1-13-7-8-14(16-10-9-15(24)12-18(16)25)11-17(13)19-20(26)21(2,3)28-22(4,5)23(19,6)27/h7-12,19,27H,1-6H3. The van der Waals surface area contributed by atoms with Crippen molar-refractivity contribution in [1.29, 1.82) is 0 Å². The minimum atomic E-state index is -1.48. The molecule has 2 aromatic carbocycles. The van der Waals surface area contributed by atoms with Gasteiger partial charge in [0.05, 0.1) is 11.5 Å². The molecule has 0 radical (unpaired) electrons. The number of aliphatic hydroxyl groups is 1. The summed E-state index contributed by atoms with van der Waals surface area (Å²) in [4.78, 5) is 13.3. The number of ketones is 1. The van der Waals surface area contributed by atoms with Gasteiger partial charge in [-0.05, 0) is 76.4 Å². The van der Waals surface area contributed by atoms with Crippen molar-refractivity contribution in [2.24, 2.45) is 0 Å². The predicted octanol–water partition coefficient (Wildman–Crippen LogP) is 4.93. The molecule has 2 unspecified atom stereocenters. The molecule has 2 atom stereocenters. The first-order valence-electron chi connectivity index (χ1n) is 9.31. The minimum absolute atomic E-state index is 0.236. The first-order valence-corrected chi connectivity index (χ1v) is 9.31. The van der Waals surface area contributed by atoms with E-state index in [0.29, 0.717) is 11.1 Å². The van der Waals surface area contributed by atoms with E-state index in [1.54, 1.807) is 52.8 Å². The molecule has 1 heterocycles. The summed E-state index contributed by atoms with van der Waals surface area (Å²) in [5.74, 6) is -2.42. The van der Waals surface area contributed by atoms with Gasteiger partial charge in [0.25, 0.3) is 0 Å². The van der Waals surface area contributed by atoms with Crippen LogP contribution in [-0.4, -0.2) is 27.7 Å². The van der Waals surface area contributed by atoms with Crippen LogP contribution in [-0.2, 0) is 9.53 Å². The lowest BCUT2D eigenvalue weighted by atomic mass is 9.65. The van der Waals surface area contributed by atoms with Gasteiger partial charge in [-0.2, -0.15) is 0 Å². The Hall–Kier alpha value is -2.11. The number of hydrogen-bond acceptors (Lipinski definition) is 3. The van der Waals surface area contributed by atoms with Gasteiger partial charge in [-0.1, -0.05) is 12.1 Å². The Labute approximate surface area is 164 Å². The number of aryl methyl sites for hydroxylation is 1. The predicted molar refractivity (Wildman–Crippen MR) is 104 cm³/mol. The maximum atomic E-state index is 14.3. The Morgan fingerprint density at radius 1 is 1.00 bits per heavy atom. The van der Waals surface area contributed by atoms with Crippen LogP contribution in [0.25, 0.3) is 11.1 Å². The van der Waals surface area contributed by atoms with Gasteiger partial charge in [-0.15, -0.1) is 0 Å². The molecule has 150 valence electrons. The third-order valence-electron chi connectivity index (χ3n) is 5.98. The molecular formula is C23H26F2O3. The van der Waals surface area contributed by atoms with E-state index in [2.05, 4.69) is 0 Å². The van der Waals surface area contributed by atoms with Crippen molar-refractivity contribution in [2.45, 2.75) is 64.3 Å². The Morgan fingerprint density at radius 2 is 1.64 bits per heavy atom. The number of carbonyl (C=O) groups excluding carboxylic acids is 1. The molecule has 28 heavy (non-hydrogen) atoms. The molecule has 0 bridgehead atoms. The van der Waals surface area contributed by atoms with E-state index in [1.807, 2.05) is 6.92 Å². The highest BCUT2D eigenvalue weighted by atomic mass is 19.1. The molecule has 0 spiro atoms. The van der Waals surface area contributed by atoms with Gasteiger partial charge < -0.3 is 9.84 Å². The second-order valence-electron chi connectivity index (χ2n) is 8.76. The fourth-order valence-electron chi connectivity index (χ4n) is 4.03. The first kappa shape index (κ1) is 20.6. The molecule has 0 amide bonds. The van der Waals surface area contributed by atoms with Gasteiger partial charge in [-0.25, -0.2) is 8.78 Å². The van der Waals surface area contributed by atoms with Gasteiger partial charge in [0.2, 0.25) is 0 Å². The molecule has 2 aromatic rings. The monoisotopic (exact) mass is 388 g/mol. The average molecular weight is 388 g/mol. The highest BCUT2D eigenvalue weighted by Crippen LogP contribution is 2.49. The Bertz CT molecular complexity index is 945. The van der Waals surface area contributed by atoms with E-state index in [9.17, 15) is 18.7 Å². The van der Waals surface area contributed by atoms with E-state index in [0.717, 1.165) is 11.6 Å². The summed E-state index contributed by atoms with van der Waals surface area (Å²) in [6, 6.07) is 8.62. The third kappa shape index (κ3) is 3.16. The first-order chi connectivity index (χ1) is 12.8. The number of carbonyl (C=O) groups is 1. The average Bonchev–Trinajstić information content (AvgIpc) is 2.54. The van der Waals surface area contributed by atoms with Crippen LogP contribution < -0.4 is 0 Å². The van der Waals surface area contributed by atoms with Crippen molar-refractivity contribution >= 4 is 5.78 Å². The molecule has 3 nitrogen and oxygen atoms in total. The second kappa shape index (κ2) is 6.46. The topological polar surface area (TPSA) is 46.5 Å². The lowest BCUT2D eigenvalue weighted by Gasteiger charge is -2.54. The fourth-order valence-corrected chi connectivity index (χ4v) is 4.03. The van der Waals surface area contributed by atoms with Gasteiger partial charge in [-0.3, -0.25) is 4.79 Å². The number of ether oxygens (including phenoxy) is 1. The SMILES string of the molecule is Cc1ccc(-c2ccc(F)cc2F)cc1C1C(=O)C(C)(C)OC(C)(C)C1(C)O. The second-order valence-corrected chi connectivity index (χ2v) is 8.76. The van der Waals surface area contributed by atoms with Crippen LogP contribution in [0.15, 0.2) is 36.4 Å². The molecule has 1 fully saturated rings. The number of hydrogen-bond donors (Lipinski definition) is 1. The molecule has 0 aliphatic carbocycles. The van der Waals surface area contributed by atoms with E-state index in [1.165, 1.54) is 12.1 Å². The van der Waals surface area contributed by atoms with Crippen molar-refractivity contribution in [3.05, 3.63) is 59.2 Å². The summed E-state index contributed by atoms with van der Waals surface area (Å²) < 4.78 is 33.5. The smallest absolute Gasteiger partial charge is 0.174 e. The van der Waals surface area contributed by atoms with Gasteiger partial charge in [0.1, 0.15) is 22.8 Å². The zero-order chi connectivity index (χ0) is 21.1. The molecule has 0 saturated carbocycles. The summed E-state index contributed by atoms with van der Waals surface area (Å²) in [5, 5.41) is 11.3. The lowest BCUT2D eigenvalue weighted by molar-refractivity contribution is -0.242. The highest BCUT2D eigenvalue weighted by molar-refractivity contribution is 5.95. The summed E-state index contributed by atoms with van der Waals surface area (Å²) in [7, 11) is 0. The number of Topliss-reactive ketones (excluding diaryl/α,β-unsaturated/α-hetero) is 1. The van der Waals surface area contributed by atoms with Crippen LogP contribution in [0, 0.1) is 18.6 Å². The fraction of sp³-hybridized carbons (Fsp3) is 0.435. The van der Waals surface area contributed by atoms with Crippen molar-refractivity contribution < 1.29 is 23.4 Å². The molecule has 1 saturated heterocycles. The van der Waals surface area contributed by atoms with Crippen LogP contribution in [0.2, 0.25) is 0 Å². The summed E-state index contributed by atoms with van der Waals surface area (Å²) in [6.07, 6.45) is 0.